The van der Waals surface area contributed by atoms with Gasteiger partial charge in [-0.15, -0.1) is 0 Å². The number of nitrogens with one attached hydrogen (secondary N) is 2. The van der Waals surface area contributed by atoms with Crippen molar-refractivity contribution in [2.45, 2.75) is 0 Å². The molecular weight excluding hydrogens is 318 g/mol. The number of amides is 1. The molecule has 0 saturated carbocycles. The third kappa shape index (κ3) is 3.70. The molecule has 0 bridgehead atoms. The van der Waals surface area contributed by atoms with Gasteiger partial charge < -0.3 is 20.3 Å². The van der Waals surface area contributed by atoms with Crippen molar-refractivity contribution in [1.82, 2.24) is 10.3 Å². The molecule has 0 aliphatic carbocycles. The van der Waals surface area contributed by atoms with Crippen molar-refractivity contribution in [3.63, 3.8) is 0 Å². The Morgan fingerprint density at radius 1 is 1.36 bits per heavy atom. The van der Waals surface area contributed by atoms with E-state index in [-0.39, 0.29) is 11.8 Å². The summed E-state index contributed by atoms with van der Waals surface area (Å²) in [4.78, 5) is 18.9. The lowest BCUT2D eigenvalue weighted by Gasteiger charge is -2.31. The van der Waals surface area contributed by atoms with Crippen LogP contribution in [-0.2, 0) is 0 Å². The average molecular weight is 337 g/mol. The summed E-state index contributed by atoms with van der Waals surface area (Å²) in [6, 6.07) is 10.8. The van der Waals surface area contributed by atoms with Crippen molar-refractivity contribution in [1.29, 1.82) is 5.26 Å². The lowest BCUT2D eigenvalue weighted by Crippen LogP contribution is -2.43. The molecule has 2 heterocycles. The first-order valence-electron chi connectivity index (χ1n) is 8.03. The van der Waals surface area contributed by atoms with Crippen molar-refractivity contribution in [2.24, 2.45) is 0 Å². The number of carbonyl (C=O) groups is 1. The number of rotatable bonds is 4. The first-order valence-corrected chi connectivity index (χ1v) is 8.03. The number of benzene rings is 1. The first-order chi connectivity index (χ1) is 12.2. The maximum Gasteiger partial charge on any atom is 0.261 e. The number of piperazine rings is 1. The summed E-state index contributed by atoms with van der Waals surface area (Å²) in [6.45, 7) is 3.43. The smallest absolute Gasteiger partial charge is 0.261 e. The highest BCUT2D eigenvalue weighted by Gasteiger charge is 2.19. The molecular formula is C18H19N5O2. The number of pyridine rings is 1. The topological polar surface area (TPSA) is 90.3 Å². The van der Waals surface area contributed by atoms with Crippen LogP contribution in [0.15, 0.2) is 36.5 Å². The van der Waals surface area contributed by atoms with Crippen LogP contribution in [0.4, 0.5) is 11.4 Å². The molecule has 1 aliphatic heterocycles. The summed E-state index contributed by atoms with van der Waals surface area (Å²) >= 11 is 0. The maximum absolute atomic E-state index is 12.7. The number of ether oxygens (including phenoxy) is 1. The van der Waals surface area contributed by atoms with E-state index < -0.39 is 0 Å². The van der Waals surface area contributed by atoms with Gasteiger partial charge in [0.15, 0.2) is 0 Å². The molecule has 0 radical (unpaired) electrons. The van der Waals surface area contributed by atoms with Crippen LogP contribution in [0.1, 0.15) is 15.9 Å². The number of methoxy groups -OCH3 is 1. The fourth-order valence-electron chi connectivity index (χ4n) is 2.80. The normalized spacial score (nSPS) is 13.8. The van der Waals surface area contributed by atoms with Crippen molar-refractivity contribution in [3.8, 4) is 11.9 Å². The third-order valence-electron chi connectivity index (χ3n) is 4.04. The van der Waals surface area contributed by atoms with Crippen molar-refractivity contribution >= 4 is 17.3 Å². The van der Waals surface area contributed by atoms with E-state index in [1.54, 1.807) is 30.5 Å². The van der Waals surface area contributed by atoms with Crippen LogP contribution in [0.2, 0.25) is 0 Å². The zero-order chi connectivity index (χ0) is 17.6. The number of anilines is 2. The number of nitriles is 1. The minimum atomic E-state index is -0.323. The molecule has 1 saturated heterocycles. The molecule has 7 heteroatoms. The fraction of sp³-hybridized carbons (Fsp3) is 0.278. The number of hydrogen-bond acceptors (Lipinski definition) is 6. The molecule has 0 spiro atoms. The molecule has 1 fully saturated rings. The predicted molar refractivity (Wildman–Crippen MR) is 95.0 cm³/mol. The van der Waals surface area contributed by atoms with Gasteiger partial charge >= 0.3 is 0 Å². The standard InChI is InChI=1S/C18H19N5O2/c1-25-18-14(3-2-6-21-18)17(24)22-15-11-13(12-19)4-5-16(15)23-9-7-20-8-10-23/h2-6,11,20H,7-10H2,1H3,(H,22,24). The number of hydrogen-bond donors (Lipinski definition) is 2. The minimum Gasteiger partial charge on any atom is -0.480 e. The molecule has 3 rings (SSSR count). The number of aromatic nitrogens is 1. The lowest BCUT2D eigenvalue weighted by molar-refractivity contribution is 0.102. The third-order valence-corrected chi connectivity index (χ3v) is 4.04. The highest BCUT2D eigenvalue weighted by Crippen LogP contribution is 2.28. The van der Waals surface area contributed by atoms with Crippen LogP contribution < -0.4 is 20.3 Å². The summed E-state index contributed by atoms with van der Waals surface area (Å²) in [5, 5.41) is 15.4. The van der Waals surface area contributed by atoms with Crippen molar-refractivity contribution < 1.29 is 9.53 Å². The van der Waals surface area contributed by atoms with Gasteiger partial charge in [0.1, 0.15) is 5.56 Å². The molecule has 2 N–H and O–H groups in total. The molecule has 2 aromatic rings. The monoisotopic (exact) mass is 337 g/mol. The highest BCUT2D eigenvalue weighted by atomic mass is 16.5. The maximum atomic E-state index is 12.7. The molecule has 1 aliphatic rings. The van der Waals surface area contributed by atoms with Gasteiger partial charge in [0, 0.05) is 32.4 Å². The van der Waals surface area contributed by atoms with E-state index in [1.807, 2.05) is 6.07 Å². The zero-order valence-electron chi connectivity index (χ0n) is 14.0. The second kappa shape index (κ2) is 7.64. The van der Waals surface area contributed by atoms with Gasteiger partial charge in [-0.3, -0.25) is 4.79 Å². The van der Waals surface area contributed by atoms with Crippen molar-refractivity contribution in [2.75, 3.05) is 43.5 Å². The van der Waals surface area contributed by atoms with E-state index in [1.165, 1.54) is 7.11 Å². The Kier molecular flexibility index (Phi) is 5.11. The second-order valence-corrected chi connectivity index (χ2v) is 5.60. The summed E-state index contributed by atoms with van der Waals surface area (Å²) in [6.07, 6.45) is 1.57. The molecule has 128 valence electrons. The van der Waals surface area contributed by atoms with E-state index in [4.69, 9.17) is 4.74 Å². The molecule has 1 amide bonds. The van der Waals surface area contributed by atoms with Crippen LogP contribution in [0.25, 0.3) is 0 Å². The van der Waals surface area contributed by atoms with E-state index in [9.17, 15) is 10.1 Å². The van der Waals surface area contributed by atoms with Crippen LogP contribution >= 0.6 is 0 Å². The van der Waals surface area contributed by atoms with Gasteiger partial charge in [0.25, 0.3) is 5.91 Å². The van der Waals surface area contributed by atoms with E-state index in [0.717, 1.165) is 31.9 Å². The molecule has 25 heavy (non-hydrogen) atoms. The van der Waals surface area contributed by atoms with Crippen LogP contribution in [0.5, 0.6) is 5.88 Å². The van der Waals surface area contributed by atoms with Crippen LogP contribution in [0, 0.1) is 11.3 Å². The van der Waals surface area contributed by atoms with Gasteiger partial charge in [-0.25, -0.2) is 4.98 Å². The van der Waals surface area contributed by atoms with E-state index in [2.05, 4.69) is 26.6 Å². The summed E-state index contributed by atoms with van der Waals surface area (Å²) in [5.41, 5.74) is 2.35. The van der Waals surface area contributed by atoms with E-state index in [0.29, 0.717) is 16.8 Å². The molecule has 1 aromatic heterocycles. The van der Waals surface area contributed by atoms with Gasteiger partial charge in [0.05, 0.1) is 30.1 Å². The molecule has 0 atom stereocenters. The van der Waals surface area contributed by atoms with Crippen LogP contribution in [-0.4, -0.2) is 44.2 Å². The lowest BCUT2D eigenvalue weighted by atomic mass is 10.1. The Morgan fingerprint density at radius 3 is 2.88 bits per heavy atom. The van der Waals surface area contributed by atoms with Gasteiger partial charge in [-0.05, 0) is 30.3 Å². The second-order valence-electron chi connectivity index (χ2n) is 5.60. The van der Waals surface area contributed by atoms with Gasteiger partial charge in [0.2, 0.25) is 5.88 Å². The minimum absolute atomic E-state index is 0.264. The number of carbonyl (C=O) groups excluding carboxylic acids is 1. The first kappa shape index (κ1) is 16.7. The Morgan fingerprint density at radius 2 is 2.16 bits per heavy atom. The predicted octanol–water partition coefficient (Wildman–Crippen LogP) is 1.62. The quantitative estimate of drug-likeness (QED) is 0.881. The Labute approximate surface area is 146 Å². The fourth-order valence-corrected chi connectivity index (χ4v) is 2.80. The summed E-state index contributed by atoms with van der Waals surface area (Å²) in [7, 11) is 1.47. The Hall–Kier alpha value is -3.11. The average Bonchev–Trinajstić information content (AvgIpc) is 2.68. The largest absolute Gasteiger partial charge is 0.480 e. The summed E-state index contributed by atoms with van der Waals surface area (Å²) in [5.74, 6) is -0.0587. The van der Waals surface area contributed by atoms with Crippen molar-refractivity contribution in [3.05, 3.63) is 47.7 Å². The van der Waals surface area contributed by atoms with Gasteiger partial charge in [-0.2, -0.15) is 5.26 Å². The Bertz CT molecular complexity index is 809. The van der Waals surface area contributed by atoms with Crippen LogP contribution in [0.3, 0.4) is 0 Å². The number of nitrogens with zero attached hydrogens (tertiary/aromatic N) is 3. The molecule has 1 aromatic carbocycles. The zero-order valence-corrected chi connectivity index (χ0v) is 14.0. The SMILES string of the molecule is COc1ncccc1C(=O)Nc1cc(C#N)ccc1N1CCNCC1. The van der Waals surface area contributed by atoms with E-state index >= 15 is 0 Å². The summed E-state index contributed by atoms with van der Waals surface area (Å²) < 4.78 is 5.15. The highest BCUT2D eigenvalue weighted by molar-refractivity contribution is 6.07. The van der Waals surface area contributed by atoms with Gasteiger partial charge in [-0.1, -0.05) is 0 Å². The molecule has 7 nitrogen and oxygen atoms in total. The molecule has 0 unspecified atom stereocenters. The Balaban J connectivity index is 1.92.